The molecule has 2 nitrogen and oxygen atoms in total. The number of fused-ring (bicyclic) bond motifs is 1. The molecule has 1 aliphatic carbocycles. The van der Waals surface area contributed by atoms with Crippen LogP contribution in [0.1, 0.15) is 46.9 Å². The van der Waals surface area contributed by atoms with E-state index in [-0.39, 0.29) is 12.0 Å². The van der Waals surface area contributed by atoms with E-state index in [4.69, 9.17) is 0 Å². The molecule has 114 valence electrons. The van der Waals surface area contributed by atoms with E-state index in [1.807, 2.05) is 11.3 Å². The number of aryl methyl sites for hydroxylation is 1. The van der Waals surface area contributed by atoms with Crippen molar-refractivity contribution in [1.29, 1.82) is 0 Å². The highest BCUT2D eigenvalue weighted by molar-refractivity contribution is 7.10. The van der Waals surface area contributed by atoms with E-state index >= 15 is 0 Å². The third-order valence-electron chi connectivity index (χ3n) is 5.19. The first kappa shape index (κ1) is 14.0. The Labute approximate surface area is 135 Å². The van der Waals surface area contributed by atoms with Crippen molar-refractivity contribution in [3.05, 3.63) is 57.3 Å². The molecule has 0 bridgehead atoms. The monoisotopic (exact) mass is 311 g/mol. The molecule has 2 heterocycles. The Kier molecular flexibility index (Phi) is 3.53. The molecule has 1 fully saturated rings. The summed E-state index contributed by atoms with van der Waals surface area (Å²) in [5.41, 5.74) is 3.91. The summed E-state index contributed by atoms with van der Waals surface area (Å²) in [6.45, 7) is 3.02. The quantitative estimate of drug-likeness (QED) is 0.808. The second-order valence-corrected chi connectivity index (χ2v) is 7.47. The number of amides is 1. The Balaban J connectivity index is 1.78. The maximum absolute atomic E-state index is 12.9. The largest absolute Gasteiger partial charge is 0.331 e. The molecule has 1 saturated carbocycles. The summed E-state index contributed by atoms with van der Waals surface area (Å²) in [7, 11) is 0. The molecule has 22 heavy (non-hydrogen) atoms. The topological polar surface area (TPSA) is 20.3 Å². The number of thiophene rings is 1. The molecule has 1 amide bonds. The van der Waals surface area contributed by atoms with Crippen molar-refractivity contribution in [2.24, 2.45) is 5.92 Å². The van der Waals surface area contributed by atoms with E-state index in [0.717, 1.165) is 25.8 Å². The highest BCUT2D eigenvalue weighted by Gasteiger charge is 2.37. The Morgan fingerprint density at radius 1 is 1.18 bits per heavy atom. The summed E-state index contributed by atoms with van der Waals surface area (Å²) >= 11 is 1.83. The number of hydrogen-bond donors (Lipinski definition) is 0. The van der Waals surface area contributed by atoms with Crippen molar-refractivity contribution < 1.29 is 4.79 Å². The van der Waals surface area contributed by atoms with Gasteiger partial charge in [-0.2, -0.15) is 0 Å². The van der Waals surface area contributed by atoms with Gasteiger partial charge in [0.1, 0.15) is 0 Å². The lowest BCUT2D eigenvalue weighted by molar-refractivity contribution is -0.140. The molecule has 0 radical (unpaired) electrons. The zero-order valence-corrected chi connectivity index (χ0v) is 13.7. The Bertz CT molecular complexity index is 701. The first-order valence-corrected chi connectivity index (χ1v) is 9.06. The Hall–Kier alpha value is -1.61. The minimum atomic E-state index is 0.115. The maximum Gasteiger partial charge on any atom is 0.226 e. The second kappa shape index (κ2) is 5.54. The van der Waals surface area contributed by atoms with Gasteiger partial charge < -0.3 is 4.90 Å². The van der Waals surface area contributed by atoms with Crippen LogP contribution >= 0.6 is 11.3 Å². The first-order chi connectivity index (χ1) is 10.8. The van der Waals surface area contributed by atoms with Crippen LogP contribution in [0.5, 0.6) is 0 Å². The van der Waals surface area contributed by atoms with Crippen molar-refractivity contribution in [2.45, 2.75) is 38.6 Å². The number of benzene rings is 1. The third-order valence-corrected chi connectivity index (χ3v) is 6.18. The highest BCUT2D eigenvalue weighted by atomic mass is 32.1. The van der Waals surface area contributed by atoms with Crippen LogP contribution in [0.3, 0.4) is 0 Å². The molecule has 0 spiro atoms. The van der Waals surface area contributed by atoms with Crippen molar-refractivity contribution in [3.63, 3.8) is 0 Å². The molecule has 2 aromatic rings. The summed E-state index contributed by atoms with van der Waals surface area (Å²) in [5.74, 6) is 0.642. The highest BCUT2D eigenvalue weighted by Crippen LogP contribution is 2.41. The van der Waals surface area contributed by atoms with Crippen LogP contribution in [0.25, 0.3) is 0 Å². The fraction of sp³-hybridized carbons (Fsp3) is 0.421. The Morgan fingerprint density at radius 3 is 2.73 bits per heavy atom. The molecule has 1 aliphatic heterocycles. The number of rotatable bonds is 2. The minimum absolute atomic E-state index is 0.115. The van der Waals surface area contributed by atoms with Crippen molar-refractivity contribution >= 4 is 17.2 Å². The van der Waals surface area contributed by atoms with Gasteiger partial charge in [-0.1, -0.05) is 30.7 Å². The van der Waals surface area contributed by atoms with Gasteiger partial charge in [-0.25, -0.2) is 0 Å². The van der Waals surface area contributed by atoms with Crippen LogP contribution in [0.15, 0.2) is 35.7 Å². The van der Waals surface area contributed by atoms with E-state index in [9.17, 15) is 4.79 Å². The molecular formula is C19H21NOS. The van der Waals surface area contributed by atoms with Crippen LogP contribution in [0.4, 0.5) is 0 Å². The first-order valence-electron chi connectivity index (χ1n) is 8.18. The number of carbonyl (C=O) groups is 1. The van der Waals surface area contributed by atoms with E-state index in [1.165, 1.54) is 28.0 Å². The molecule has 2 aliphatic rings. The molecule has 3 heteroatoms. The number of hydrogen-bond acceptors (Lipinski definition) is 2. The van der Waals surface area contributed by atoms with Crippen molar-refractivity contribution in [2.75, 3.05) is 6.54 Å². The van der Waals surface area contributed by atoms with Gasteiger partial charge in [-0.3, -0.25) is 4.79 Å². The van der Waals surface area contributed by atoms with Gasteiger partial charge in [0.05, 0.1) is 6.04 Å². The SMILES string of the molecule is Cc1ccccc1C1c2ccsc2CCN1C(=O)C1CCC1. The van der Waals surface area contributed by atoms with Crippen molar-refractivity contribution in [1.82, 2.24) is 4.90 Å². The fourth-order valence-electron chi connectivity index (χ4n) is 3.67. The average Bonchev–Trinajstić information content (AvgIpc) is 2.93. The molecule has 1 unspecified atom stereocenters. The summed E-state index contributed by atoms with van der Waals surface area (Å²) in [5, 5.41) is 2.17. The summed E-state index contributed by atoms with van der Waals surface area (Å²) in [4.78, 5) is 16.5. The van der Waals surface area contributed by atoms with Gasteiger partial charge in [-0.15, -0.1) is 11.3 Å². The van der Waals surface area contributed by atoms with Crippen LogP contribution in [0.2, 0.25) is 0 Å². The van der Waals surface area contributed by atoms with E-state index in [0.29, 0.717) is 5.91 Å². The van der Waals surface area contributed by atoms with Crippen LogP contribution in [0, 0.1) is 12.8 Å². The summed E-state index contributed by atoms with van der Waals surface area (Å²) in [6, 6.07) is 10.8. The van der Waals surface area contributed by atoms with E-state index < -0.39 is 0 Å². The maximum atomic E-state index is 12.9. The summed E-state index contributed by atoms with van der Waals surface area (Å²) < 4.78 is 0. The molecule has 1 aromatic heterocycles. The van der Waals surface area contributed by atoms with E-state index in [1.54, 1.807) is 0 Å². The van der Waals surface area contributed by atoms with Gasteiger partial charge in [0, 0.05) is 17.3 Å². The van der Waals surface area contributed by atoms with Gasteiger partial charge in [0.25, 0.3) is 0 Å². The zero-order chi connectivity index (χ0) is 15.1. The average molecular weight is 311 g/mol. The van der Waals surface area contributed by atoms with Crippen LogP contribution in [-0.4, -0.2) is 17.4 Å². The minimum Gasteiger partial charge on any atom is -0.331 e. The van der Waals surface area contributed by atoms with Crippen molar-refractivity contribution in [3.8, 4) is 0 Å². The van der Waals surface area contributed by atoms with Gasteiger partial charge in [-0.05, 0) is 54.3 Å². The van der Waals surface area contributed by atoms with Crippen LogP contribution in [-0.2, 0) is 11.2 Å². The molecule has 1 aromatic carbocycles. The number of nitrogens with zero attached hydrogens (tertiary/aromatic N) is 1. The lowest BCUT2D eigenvalue weighted by atomic mass is 9.82. The third kappa shape index (κ3) is 2.19. The van der Waals surface area contributed by atoms with Gasteiger partial charge in [0.15, 0.2) is 0 Å². The normalized spacial score (nSPS) is 21.3. The Morgan fingerprint density at radius 2 is 2.00 bits per heavy atom. The second-order valence-electron chi connectivity index (χ2n) is 6.47. The van der Waals surface area contributed by atoms with Gasteiger partial charge >= 0.3 is 0 Å². The molecule has 0 saturated heterocycles. The smallest absolute Gasteiger partial charge is 0.226 e. The molecule has 0 N–H and O–H groups in total. The van der Waals surface area contributed by atoms with Gasteiger partial charge in [0.2, 0.25) is 5.91 Å². The molecular weight excluding hydrogens is 290 g/mol. The predicted molar refractivity (Wildman–Crippen MR) is 90.1 cm³/mol. The van der Waals surface area contributed by atoms with Crippen LogP contribution < -0.4 is 0 Å². The lowest BCUT2D eigenvalue weighted by Crippen LogP contribution is -2.44. The molecule has 4 rings (SSSR count). The predicted octanol–water partition coefficient (Wildman–Crippen LogP) is 4.33. The summed E-state index contributed by atoms with van der Waals surface area (Å²) in [6.07, 6.45) is 4.37. The fourth-order valence-corrected chi connectivity index (χ4v) is 4.58. The van der Waals surface area contributed by atoms with E-state index in [2.05, 4.69) is 47.5 Å². The number of carbonyl (C=O) groups excluding carboxylic acids is 1. The standard InChI is InChI=1S/C19H21NOS/c1-13-5-2-3-8-15(13)18-16-10-12-22-17(16)9-11-20(18)19(21)14-6-4-7-14/h2-3,5,8,10,12,14,18H,4,6-7,9,11H2,1H3. The lowest BCUT2D eigenvalue weighted by Gasteiger charge is -2.40. The zero-order valence-electron chi connectivity index (χ0n) is 12.9. The molecule has 1 atom stereocenters.